The number of hydrogen-bond acceptors (Lipinski definition) is 3. The lowest BCUT2D eigenvalue weighted by atomic mass is 10.1. The van der Waals surface area contributed by atoms with Crippen molar-refractivity contribution in [2.75, 3.05) is 12.0 Å². The van der Waals surface area contributed by atoms with Crippen molar-refractivity contribution in [3.05, 3.63) is 35.4 Å². The Labute approximate surface area is 98.9 Å². The van der Waals surface area contributed by atoms with Gasteiger partial charge < -0.3 is 5.32 Å². The van der Waals surface area contributed by atoms with E-state index in [0.29, 0.717) is 17.9 Å². The number of benzene rings is 1. The normalized spacial score (nSPS) is 14.1. The first-order chi connectivity index (χ1) is 7.63. The molecule has 0 spiro atoms. The Morgan fingerprint density at radius 1 is 1.50 bits per heavy atom. The van der Waals surface area contributed by atoms with Crippen molar-refractivity contribution >= 4 is 10.8 Å². The van der Waals surface area contributed by atoms with E-state index in [2.05, 4.69) is 11.4 Å². The van der Waals surface area contributed by atoms with Gasteiger partial charge in [-0.3, -0.25) is 4.21 Å². The van der Waals surface area contributed by atoms with Gasteiger partial charge >= 0.3 is 0 Å². The van der Waals surface area contributed by atoms with Gasteiger partial charge in [0.15, 0.2) is 0 Å². The van der Waals surface area contributed by atoms with Crippen molar-refractivity contribution in [2.24, 2.45) is 0 Å². The third-order valence-electron chi connectivity index (χ3n) is 2.26. The highest BCUT2D eigenvalue weighted by Gasteiger charge is 2.05. The number of nitrogens with one attached hydrogen (secondary N) is 1. The van der Waals surface area contributed by atoms with Crippen LogP contribution in [0.25, 0.3) is 0 Å². The summed E-state index contributed by atoms with van der Waals surface area (Å²) in [4.78, 5) is 0. The Balaban J connectivity index is 2.55. The lowest BCUT2D eigenvalue weighted by molar-refractivity contribution is 0.587. The molecule has 1 N–H and O–H groups in total. The molecule has 4 heteroatoms. The Morgan fingerprint density at radius 3 is 2.81 bits per heavy atom. The highest BCUT2D eigenvalue weighted by Crippen LogP contribution is 2.06. The lowest BCUT2D eigenvalue weighted by Gasteiger charge is -2.12. The molecule has 0 bridgehead atoms. The van der Waals surface area contributed by atoms with Crippen LogP contribution < -0.4 is 5.32 Å². The van der Waals surface area contributed by atoms with E-state index < -0.39 is 10.8 Å². The maximum Gasteiger partial charge on any atom is 0.0995 e. The summed E-state index contributed by atoms with van der Waals surface area (Å²) in [5.74, 6) is 0.634. The topological polar surface area (TPSA) is 52.9 Å². The summed E-state index contributed by atoms with van der Waals surface area (Å²) in [7, 11) is -0.788. The lowest BCUT2D eigenvalue weighted by Crippen LogP contribution is -2.30. The average molecular weight is 236 g/mol. The summed E-state index contributed by atoms with van der Waals surface area (Å²) < 4.78 is 11.0. The first-order valence-corrected chi connectivity index (χ1v) is 6.87. The first-order valence-electron chi connectivity index (χ1n) is 5.15. The summed E-state index contributed by atoms with van der Waals surface area (Å²) in [5.41, 5.74) is 1.68. The maximum absolute atomic E-state index is 11.0. The fourth-order valence-electron chi connectivity index (χ4n) is 1.48. The van der Waals surface area contributed by atoms with Crippen LogP contribution in [0.3, 0.4) is 0 Å². The van der Waals surface area contributed by atoms with Crippen LogP contribution in [0.2, 0.25) is 0 Å². The van der Waals surface area contributed by atoms with Crippen molar-refractivity contribution in [3.8, 4) is 6.07 Å². The summed E-state index contributed by atoms with van der Waals surface area (Å²) in [6, 6.07) is 9.86. The molecule has 0 saturated carbocycles. The van der Waals surface area contributed by atoms with Crippen molar-refractivity contribution in [2.45, 2.75) is 19.5 Å². The first kappa shape index (κ1) is 12.9. The highest BCUT2D eigenvalue weighted by atomic mass is 32.2. The van der Waals surface area contributed by atoms with Gasteiger partial charge in [-0.05, 0) is 18.6 Å². The van der Waals surface area contributed by atoms with Gasteiger partial charge in [0.2, 0.25) is 0 Å². The Hall–Kier alpha value is -1.18. The minimum Gasteiger partial charge on any atom is -0.309 e. The van der Waals surface area contributed by atoms with Gasteiger partial charge in [-0.25, -0.2) is 0 Å². The maximum atomic E-state index is 11.0. The van der Waals surface area contributed by atoms with Crippen LogP contribution in [0.15, 0.2) is 24.3 Å². The van der Waals surface area contributed by atoms with Gasteiger partial charge in [0.25, 0.3) is 0 Å². The number of nitriles is 1. The molecule has 0 aliphatic carbocycles. The molecule has 0 amide bonds. The largest absolute Gasteiger partial charge is 0.309 e. The van der Waals surface area contributed by atoms with Gasteiger partial charge in [-0.15, -0.1) is 0 Å². The molecule has 86 valence electrons. The zero-order valence-electron chi connectivity index (χ0n) is 9.56. The average Bonchev–Trinajstić information content (AvgIpc) is 2.26. The molecule has 0 aliphatic rings. The van der Waals surface area contributed by atoms with Crippen molar-refractivity contribution in [1.82, 2.24) is 5.32 Å². The zero-order valence-corrected chi connectivity index (χ0v) is 10.4. The molecule has 0 aromatic heterocycles. The van der Waals surface area contributed by atoms with Crippen LogP contribution in [0.4, 0.5) is 0 Å². The Kier molecular flexibility index (Phi) is 5.17. The molecular formula is C12H16N2OS. The molecule has 1 rings (SSSR count). The molecule has 3 nitrogen and oxygen atoms in total. The molecule has 16 heavy (non-hydrogen) atoms. The van der Waals surface area contributed by atoms with Gasteiger partial charge in [0, 0.05) is 35.4 Å². The van der Waals surface area contributed by atoms with Crippen LogP contribution in [0, 0.1) is 11.3 Å². The van der Waals surface area contributed by atoms with Crippen LogP contribution in [0.1, 0.15) is 18.1 Å². The van der Waals surface area contributed by atoms with E-state index in [1.807, 2.05) is 25.1 Å². The summed E-state index contributed by atoms with van der Waals surface area (Å²) >= 11 is 0. The second-order valence-corrected chi connectivity index (χ2v) is 5.27. The molecule has 2 atom stereocenters. The molecule has 1 aromatic carbocycles. The second kappa shape index (κ2) is 6.41. The van der Waals surface area contributed by atoms with Crippen molar-refractivity contribution < 1.29 is 4.21 Å². The summed E-state index contributed by atoms with van der Waals surface area (Å²) in [6.07, 6.45) is 1.70. The van der Waals surface area contributed by atoms with Gasteiger partial charge in [-0.2, -0.15) is 5.26 Å². The fourth-order valence-corrected chi connectivity index (χ4v) is 2.30. The smallest absolute Gasteiger partial charge is 0.0995 e. The standard InChI is InChI=1S/C12H16N2OS/c1-10(9-16(2)15)14-8-12-6-4-3-5-11(12)7-13/h3-6,10,14H,8-9H2,1-2H3. The van der Waals surface area contributed by atoms with Crippen LogP contribution in [-0.4, -0.2) is 22.3 Å². The number of hydrogen-bond donors (Lipinski definition) is 1. The van der Waals surface area contributed by atoms with Crippen LogP contribution in [-0.2, 0) is 17.3 Å². The predicted molar refractivity (Wildman–Crippen MR) is 66.4 cm³/mol. The number of rotatable bonds is 5. The Bertz CT molecular complexity index is 412. The minimum absolute atomic E-state index is 0.192. The quantitative estimate of drug-likeness (QED) is 0.841. The van der Waals surface area contributed by atoms with E-state index in [4.69, 9.17) is 5.26 Å². The summed E-state index contributed by atoms with van der Waals surface area (Å²) in [5, 5.41) is 12.2. The van der Waals surface area contributed by atoms with Gasteiger partial charge in [-0.1, -0.05) is 18.2 Å². The Morgan fingerprint density at radius 2 is 2.19 bits per heavy atom. The van der Waals surface area contributed by atoms with E-state index in [1.54, 1.807) is 12.3 Å². The molecule has 1 aromatic rings. The SMILES string of the molecule is CC(CS(C)=O)NCc1ccccc1C#N. The monoisotopic (exact) mass is 236 g/mol. The van der Waals surface area contributed by atoms with E-state index in [0.717, 1.165) is 5.56 Å². The van der Waals surface area contributed by atoms with Crippen molar-refractivity contribution in [1.29, 1.82) is 5.26 Å². The second-order valence-electron chi connectivity index (χ2n) is 3.79. The van der Waals surface area contributed by atoms with Crippen LogP contribution in [0.5, 0.6) is 0 Å². The highest BCUT2D eigenvalue weighted by molar-refractivity contribution is 7.84. The zero-order chi connectivity index (χ0) is 12.0. The molecule has 0 saturated heterocycles. The van der Waals surface area contributed by atoms with Gasteiger partial charge in [0.1, 0.15) is 0 Å². The van der Waals surface area contributed by atoms with E-state index in [1.165, 1.54) is 0 Å². The fraction of sp³-hybridized carbons (Fsp3) is 0.417. The third kappa shape index (κ3) is 4.13. The number of nitrogens with zero attached hydrogens (tertiary/aromatic N) is 1. The minimum atomic E-state index is -0.788. The molecule has 0 fully saturated rings. The molecular weight excluding hydrogens is 220 g/mol. The van der Waals surface area contributed by atoms with Crippen molar-refractivity contribution in [3.63, 3.8) is 0 Å². The van der Waals surface area contributed by atoms with E-state index >= 15 is 0 Å². The van der Waals surface area contributed by atoms with E-state index in [-0.39, 0.29) is 6.04 Å². The predicted octanol–water partition coefficient (Wildman–Crippen LogP) is 1.41. The van der Waals surface area contributed by atoms with Crippen LogP contribution >= 0.6 is 0 Å². The molecule has 0 aliphatic heterocycles. The van der Waals surface area contributed by atoms with Gasteiger partial charge in [0.05, 0.1) is 11.6 Å². The summed E-state index contributed by atoms with van der Waals surface area (Å²) in [6.45, 7) is 2.64. The molecule has 2 unspecified atom stereocenters. The molecule has 0 heterocycles. The third-order valence-corrected chi connectivity index (χ3v) is 3.23. The van der Waals surface area contributed by atoms with E-state index in [9.17, 15) is 4.21 Å². The molecule has 0 radical (unpaired) electrons.